The van der Waals surface area contributed by atoms with Gasteiger partial charge in [-0.15, -0.1) is 0 Å². The SMILES string of the molecule is CCCn1cc(Br)cc1C(=O)N1C(C)CCCC1CN. The van der Waals surface area contributed by atoms with Crippen molar-refractivity contribution in [2.75, 3.05) is 6.54 Å². The van der Waals surface area contributed by atoms with Crippen molar-refractivity contribution in [2.45, 2.75) is 58.2 Å². The average molecular weight is 342 g/mol. The summed E-state index contributed by atoms with van der Waals surface area (Å²) in [4.78, 5) is 14.9. The molecule has 0 aromatic carbocycles. The third kappa shape index (κ3) is 3.09. The highest BCUT2D eigenvalue weighted by atomic mass is 79.9. The number of rotatable bonds is 4. The van der Waals surface area contributed by atoms with Crippen LogP contribution in [0.3, 0.4) is 0 Å². The first-order valence-corrected chi connectivity index (χ1v) is 8.26. The Labute approximate surface area is 129 Å². The normalized spacial score (nSPS) is 23.1. The number of nitrogens with zero attached hydrogens (tertiary/aromatic N) is 2. The lowest BCUT2D eigenvalue weighted by Crippen LogP contribution is -2.52. The van der Waals surface area contributed by atoms with Gasteiger partial charge in [-0.05, 0) is 54.6 Å². The fourth-order valence-electron chi connectivity index (χ4n) is 3.10. The van der Waals surface area contributed by atoms with E-state index in [4.69, 9.17) is 5.73 Å². The largest absolute Gasteiger partial charge is 0.342 e. The van der Waals surface area contributed by atoms with E-state index in [1.54, 1.807) is 0 Å². The van der Waals surface area contributed by atoms with Crippen LogP contribution in [0.4, 0.5) is 0 Å². The first-order chi connectivity index (χ1) is 9.58. The first-order valence-electron chi connectivity index (χ1n) is 7.46. The van der Waals surface area contributed by atoms with Crippen LogP contribution >= 0.6 is 15.9 Å². The molecular formula is C15H24BrN3O. The van der Waals surface area contributed by atoms with Crippen molar-refractivity contribution in [3.8, 4) is 0 Å². The summed E-state index contributed by atoms with van der Waals surface area (Å²) >= 11 is 3.48. The smallest absolute Gasteiger partial charge is 0.271 e. The molecule has 1 aliphatic heterocycles. The fourth-order valence-corrected chi connectivity index (χ4v) is 3.56. The maximum atomic E-state index is 12.9. The monoisotopic (exact) mass is 341 g/mol. The number of halogens is 1. The van der Waals surface area contributed by atoms with Crippen LogP contribution in [-0.4, -0.2) is 34.0 Å². The third-order valence-electron chi connectivity index (χ3n) is 4.08. The van der Waals surface area contributed by atoms with Crippen molar-refractivity contribution in [3.05, 3.63) is 22.4 Å². The van der Waals surface area contributed by atoms with Crippen molar-refractivity contribution < 1.29 is 4.79 Å². The molecule has 2 atom stereocenters. The molecule has 0 radical (unpaired) electrons. The molecule has 20 heavy (non-hydrogen) atoms. The Balaban J connectivity index is 2.28. The Morgan fingerprint density at radius 2 is 2.25 bits per heavy atom. The molecule has 0 saturated carbocycles. The molecule has 1 amide bonds. The Morgan fingerprint density at radius 3 is 2.90 bits per heavy atom. The van der Waals surface area contributed by atoms with Crippen LogP contribution in [0.25, 0.3) is 0 Å². The molecule has 112 valence electrons. The van der Waals surface area contributed by atoms with Crippen molar-refractivity contribution in [3.63, 3.8) is 0 Å². The van der Waals surface area contributed by atoms with Gasteiger partial charge in [-0.3, -0.25) is 4.79 Å². The number of aromatic nitrogens is 1. The lowest BCUT2D eigenvalue weighted by molar-refractivity contribution is 0.0483. The predicted molar refractivity (Wildman–Crippen MR) is 84.7 cm³/mol. The second kappa shape index (κ2) is 6.76. The molecule has 2 unspecified atom stereocenters. The molecule has 2 heterocycles. The van der Waals surface area contributed by atoms with E-state index in [0.29, 0.717) is 6.54 Å². The van der Waals surface area contributed by atoms with Crippen LogP contribution in [0.15, 0.2) is 16.7 Å². The number of hydrogen-bond acceptors (Lipinski definition) is 2. The van der Waals surface area contributed by atoms with Crippen LogP contribution < -0.4 is 5.73 Å². The molecular weight excluding hydrogens is 318 g/mol. The topological polar surface area (TPSA) is 51.3 Å². The summed E-state index contributed by atoms with van der Waals surface area (Å²) in [5.74, 6) is 0.117. The number of aryl methyl sites for hydroxylation is 1. The minimum Gasteiger partial charge on any atom is -0.342 e. The molecule has 1 aromatic heterocycles. The van der Waals surface area contributed by atoms with Crippen LogP contribution in [0.2, 0.25) is 0 Å². The van der Waals surface area contributed by atoms with Gasteiger partial charge in [0.25, 0.3) is 5.91 Å². The van der Waals surface area contributed by atoms with Crippen LogP contribution in [0.5, 0.6) is 0 Å². The van der Waals surface area contributed by atoms with Crippen molar-refractivity contribution in [1.29, 1.82) is 0 Å². The number of piperidine rings is 1. The van der Waals surface area contributed by atoms with E-state index >= 15 is 0 Å². The van der Waals surface area contributed by atoms with Crippen molar-refractivity contribution in [2.24, 2.45) is 5.73 Å². The molecule has 5 heteroatoms. The Morgan fingerprint density at radius 1 is 1.50 bits per heavy atom. The van der Waals surface area contributed by atoms with Gasteiger partial charge < -0.3 is 15.2 Å². The van der Waals surface area contributed by atoms with E-state index in [9.17, 15) is 4.79 Å². The van der Waals surface area contributed by atoms with Gasteiger partial charge in [0, 0.05) is 35.8 Å². The minimum atomic E-state index is 0.117. The number of likely N-dealkylation sites (tertiary alicyclic amines) is 1. The number of carbonyl (C=O) groups excluding carboxylic acids is 1. The van der Waals surface area contributed by atoms with Crippen LogP contribution in [-0.2, 0) is 6.54 Å². The summed E-state index contributed by atoms with van der Waals surface area (Å²) in [5.41, 5.74) is 6.63. The molecule has 1 aliphatic rings. The molecule has 0 spiro atoms. The summed E-state index contributed by atoms with van der Waals surface area (Å²) in [6, 6.07) is 2.37. The Hall–Kier alpha value is -0.810. The molecule has 1 saturated heterocycles. The zero-order chi connectivity index (χ0) is 14.7. The van der Waals surface area contributed by atoms with E-state index in [1.807, 2.05) is 21.7 Å². The maximum absolute atomic E-state index is 12.9. The zero-order valence-electron chi connectivity index (χ0n) is 12.3. The quantitative estimate of drug-likeness (QED) is 0.915. The second-order valence-corrected chi connectivity index (χ2v) is 6.53. The summed E-state index contributed by atoms with van der Waals surface area (Å²) in [5, 5.41) is 0. The van der Waals surface area contributed by atoms with Crippen molar-refractivity contribution in [1.82, 2.24) is 9.47 Å². The van der Waals surface area contributed by atoms with Crippen LogP contribution in [0, 0.1) is 0 Å². The molecule has 1 fully saturated rings. The van der Waals surface area contributed by atoms with E-state index < -0.39 is 0 Å². The Kier molecular flexibility index (Phi) is 5.27. The van der Waals surface area contributed by atoms with Crippen LogP contribution in [0.1, 0.15) is 50.0 Å². The lowest BCUT2D eigenvalue weighted by Gasteiger charge is -2.40. The van der Waals surface area contributed by atoms with E-state index in [0.717, 1.165) is 42.4 Å². The third-order valence-corrected chi connectivity index (χ3v) is 4.51. The maximum Gasteiger partial charge on any atom is 0.271 e. The molecule has 4 nitrogen and oxygen atoms in total. The van der Waals surface area contributed by atoms with Gasteiger partial charge in [0.2, 0.25) is 0 Å². The standard InChI is InChI=1S/C15H24BrN3O/c1-3-7-18-10-12(16)8-14(18)15(20)19-11(2)5-4-6-13(19)9-17/h8,10-11,13H,3-7,9,17H2,1-2H3. The van der Waals surface area contributed by atoms with Crippen molar-refractivity contribution >= 4 is 21.8 Å². The highest BCUT2D eigenvalue weighted by molar-refractivity contribution is 9.10. The van der Waals surface area contributed by atoms with Gasteiger partial charge >= 0.3 is 0 Å². The first kappa shape index (κ1) is 15.6. The van der Waals surface area contributed by atoms with Gasteiger partial charge in [-0.25, -0.2) is 0 Å². The molecule has 0 aliphatic carbocycles. The lowest BCUT2D eigenvalue weighted by atomic mass is 9.96. The zero-order valence-corrected chi connectivity index (χ0v) is 13.9. The Bertz CT molecular complexity index is 472. The van der Waals surface area contributed by atoms with E-state index in [-0.39, 0.29) is 18.0 Å². The van der Waals surface area contributed by atoms with E-state index in [2.05, 4.69) is 29.8 Å². The van der Waals surface area contributed by atoms with Gasteiger partial charge in [0.15, 0.2) is 0 Å². The minimum absolute atomic E-state index is 0.117. The molecule has 1 aromatic rings. The highest BCUT2D eigenvalue weighted by Gasteiger charge is 2.32. The number of carbonyl (C=O) groups is 1. The number of hydrogen-bond donors (Lipinski definition) is 1. The van der Waals surface area contributed by atoms with Gasteiger partial charge in [-0.2, -0.15) is 0 Å². The van der Waals surface area contributed by atoms with Gasteiger partial charge in [0.1, 0.15) is 5.69 Å². The second-order valence-electron chi connectivity index (χ2n) is 5.62. The molecule has 2 N–H and O–H groups in total. The summed E-state index contributed by atoms with van der Waals surface area (Å²) < 4.78 is 3.00. The number of amides is 1. The van der Waals surface area contributed by atoms with Gasteiger partial charge in [-0.1, -0.05) is 6.92 Å². The average Bonchev–Trinajstić information content (AvgIpc) is 2.79. The molecule has 2 rings (SSSR count). The van der Waals surface area contributed by atoms with E-state index in [1.165, 1.54) is 0 Å². The summed E-state index contributed by atoms with van der Waals surface area (Å²) in [6.45, 7) is 5.66. The fraction of sp³-hybridized carbons (Fsp3) is 0.667. The number of nitrogens with two attached hydrogens (primary N) is 1. The predicted octanol–water partition coefficient (Wildman–Crippen LogP) is 3.00. The van der Waals surface area contributed by atoms with Gasteiger partial charge in [0.05, 0.1) is 0 Å². The summed E-state index contributed by atoms with van der Waals surface area (Å²) in [7, 11) is 0. The summed E-state index contributed by atoms with van der Waals surface area (Å²) in [6.07, 6.45) is 6.24. The molecule has 0 bridgehead atoms. The highest BCUT2D eigenvalue weighted by Crippen LogP contribution is 2.26.